The standard InChI is InChI=1S/C40H28Cl2FN3O7/c1-52-31-18-21(8-17-29(31)47)33-25-15-16-26-32(27(25)19-39(41)37(50)46(38(51)40(33,39)42)24-13-9-22(43)10-14-24)36(49)45(35(26)48)23-11-6-20(7-12-23)34-44-28-4-2-3-5-30(28)53-34/h2-15,17-18,26-27,32-33,47H,16,19H2,1H3. The van der Waals surface area contributed by atoms with E-state index in [9.17, 15) is 28.7 Å². The van der Waals surface area contributed by atoms with Crippen LogP contribution in [0.25, 0.3) is 22.6 Å². The van der Waals surface area contributed by atoms with Crippen molar-refractivity contribution in [1.82, 2.24) is 4.98 Å². The lowest BCUT2D eigenvalue weighted by Gasteiger charge is -2.50. The second-order valence-electron chi connectivity index (χ2n) is 13.7. The molecule has 53 heavy (non-hydrogen) atoms. The summed E-state index contributed by atoms with van der Waals surface area (Å²) in [7, 11) is 1.37. The Morgan fingerprint density at radius 3 is 2.28 bits per heavy atom. The van der Waals surface area contributed by atoms with Crippen molar-refractivity contribution < 1.29 is 37.8 Å². The Hall–Kier alpha value is -5.52. The van der Waals surface area contributed by atoms with Gasteiger partial charge in [0.1, 0.15) is 11.3 Å². The third kappa shape index (κ3) is 4.59. The maximum atomic E-state index is 14.6. The zero-order valence-corrected chi connectivity index (χ0v) is 29.3. The predicted octanol–water partition coefficient (Wildman–Crippen LogP) is 7.12. The number of para-hydroxylation sites is 2. The van der Waals surface area contributed by atoms with E-state index in [1.807, 2.05) is 30.3 Å². The summed E-state index contributed by atoms with van der Waals surface area (Å²) in [5.41, 5.74) is 3.38. The van der Waals surface area contributed by atoms with Crippen LogP contribution in [-0.4, -0.2) is 50.6 Å². The van der Waals surface area contributed by atoms with Crippen molar-refractivity contribution in [2.24, 2.45) is 17.8 Å². The van der Waals surface area contributed by atoms with Gasteiger partial charge in [-0.15, -0.1) is 23.2 Å². The Morgan fingerprint density at radius 1 is 0.868 bits per heavy atom. The molecule has 4 aromatic carbocycles. The number of carbonyl (C=O) groups excluding carboxylic acids is 4. The van der Waals surface area contributed by atoms with E-state index in [1.165, 1.54) is 31.4 Å². The van der Waals surface area contributed by atoms with Crippen LogP contribution >= 0.6 is 23.2 Å². The summed E-state index contributed by atoms with van der Waals surface area (Å²) in [6.45, 7) is 0. The summed E-state index contributed by atoms with van der Waals surface area (Å²) in [6, 6.07) is 23.4. The molecule has 0 radical (unpaired) electrons. The molecule has 0 spiro atoms. The molecular formula is C40H28Cl2FN3O7. The van der Waals surface area contributed by atoms with E-state index in [2.05, 4.69) is 4.98 Å². The fourth-order valence-electron chi connectivity index (χ4n) is 8.65. The van der Waals surface area contributed by atoms with Gasteiger partial charge in [0.2, 0.25) is 17.7 Å². The number of ether oxygens (including phenoxy) is 1. The predicted molar refractivity (Wildman–Crippen MR) is 193 cm³/mol. The van der Waals surface area contributed by atoms with Crippen LogP contribution in [0.3, 0.4) is 0 Å². The van der Waals surface area contributed by atoms with E-state index in [-0.39, 0.29) is 30.0 Å². The lowest BCUT2D eigenvalue weighted by molar-refractivity contribution is -0.125. The fourth-order valence-corrected chi connectivity index (χ4v) is 9.58. The number of nitrogens with zero attached hydrogens (tertiary/aromatic N) is 3. The van der Waals surface area contributed by atoms with Crippen molar-refractivity contribution in [2.75, 3.05) is 16.9 Å². The molecule has 3 heterocycles. The Morgan fingerprint density at radius 2 is 1.57 bits per heavy atom. The number of fused-ring (bicyclic) bond motifs is 5. The van der Waals surface area contributed by atoms with Crippen molar-refractivity contribution in [1.29, 1.82) is 0 Å². The number of carbonyl (C=O) groups is 4. The first-order valence-corrected chi connectivity index (χ1v) is 17.6. The molecule has 13 heteroatoms. The summed E-state index contributed by atoms with van der Waals surface area (Å²) >= 11 is 14.9. The van der Waals surface area contributed by atoms with Crippen LogP contribution in [0.5, 0.6) is 11.5 Å². The number of hydrogen-bond acceptors (Lipinski definition) is 8. The molecule has 1 N–H and O–H groups in total. The molecular weight excluding hydrogens is 724 g/mol. The monoisotopic (exact) mass is 751 g/mol. The van der Waals surface area contributed by atoms with Crippen LogP contribution in [0.1, 0.15) is 24.3 Å². The molecule has 2 aliphatic carbocycles. The lowest BCUT2D eigenvalue weighted by Crippen LogP contribution is -2.60. The van der Waals surface area contributed by atoms with Crippen molar-refractivity contribution >= 4 is 69.3 Å². The van der Waals surface area contributed by atoms with Crippen molar-refractivity contribution in [3.8, 4) is 23.0 Å². The maximum Gasteiger partial charge on any atom is 0.258 e. The van der Waals surface area contributed by atoms with E-state index < -0.39 is 62.9 Å². The highest BCUT2D eigenvalue weighted by molar-refractivity contribution is 6.58. The van der Waals surface area contributed by atoms with Gasteiger partial charge in [-0.05, 0) is 97.1 Å². The Labute approximate surface area is 311 Å². The quantitative estimate of drug-likeness (QED) is 0.114. The first-order valence-electron chi connectivity index (χ1n) is 16.9. The minimum Gasteiger partial charge on any atom is -0.504 e. The van der Waals surface area contributed by atoms with Gasteiger partial charge in [-0.1, -0.05) is 29.8 Å². The topological polar surface area (TPSA) is 130 Å². The number of rotatable bonds is 5. The van der Waals surface area contributed by atoms with Gasteiger partial charge in [0, 0.05) is 11.5 Å². The maximum absolute atomic E-state index is 14.6. The van der Waals surface area contributed by atoms with Gasteiger partial charge in [-0.25, -0.2) is 14.3 Å². The number of aromatic hydroxyl groups is 1. The average molecular weight is 753 g/mol. The zero-order valence-electron chi connectivity index (χ0n) is 27.8. The average Bonchev–Trinajstić information content (AvgIpc) is 3.75. The lowest BCUT2D eigenvalue weighted by atomic mass is 9.56. The van der Waals surface area contributed by atoms with Crippen molar-refractivity contribution in [3.05, 3.63) is 114 Å². The van der Waals surface area contributed by atoms with Gasteiger partial charge in [0.05, 0.1) is 30.3 Å². The van der Waals surface area contributed by atoms with E-state index in [0.29, 0.717) is 39.4 Å². The highest BCUT2D eigenvalue weighted by atomic mass is 35.5. The van der Waals surface area contributed by atoms with Gasteiger partial charge in [-0.3, -0.25) is 24.1 Å². The fraction of sp³-hybridized carbons (Fsp3) is 0.225. The summed E-state index contributed by atoms with van der Waals surface area (Å²) in [5.74, 6) is -6.36. The number of amides is 4. The van der Waals surface area contributed by atoms with E-state index in [1.54, 1.807) is 30.3 Å². The number of halogens is 3. The molecule has 10 nitrogen and oxygen atoms in total. The highest BCUT2D eigenvalue weighted by Gasteiger charge is 2.76. The molecule has 4 aliphatic rings. The first-order chi connectivity index (χ1) is 25.5. The number of phenolic OH excluding ortho intramolecular Hbond substituents is 1. The Bertz CT molecular complexity index is 2400. The minimum atomic E-state index is -2.12. The number of alkyl halides is 2. The number of imide groups is 2. The number of benzene rings is 4. The number of allylic oxidation sites excluding steroid dienone is 2. The zero-order chi connectivity index (χ0) is 37.0. The van der Waals surface area contributed by atoms with Crippen LogP contribution in [0.15, 0.2) is 107 Å². The molecule has 266 valence electrons. The molecule has 3 fully saturated rings. The number of aromatic nitrogens is 1. The molecule has 6 atom stereocenters. The van der Waals surface area contributed by atoms with Crippen LogP contribution in [0, 0.1) is 23.6 Å². The van der Waals surface area contributed by atoms with E-state index in [0.717, 1.165) is 21.9 Å². The first kappa shape index (κ1) is 33.3. The van der Waals surface area contributed by atoms with Crippen LogP contribution in [0.4, 0.5) is 15.8 Å². The largest absolute Gasteiger partial charge is 0.504 e. The van der Waals surface area contributed by atoms with Gasteiger partial charge in [-0.2, -0.15) is 0 Å². The van der Waals surface area contributed by atoms with Gasteiger partial charge in [0.15, 0.2) is 26.8 Å². The van der Waals surface area contributed by atoms with Crippen LogP contribution in [-0.2, 0) is 19.2 Å². The number of methoxy groups -OCH3 is 1. The van der Waals surface area contributed by atoms with E-state index >= 15 is 0 Å². The van der Waals surface area contributed by atoms with Gasteiger partial charge in [0.25, 0.3) is 11.8 Å². The molecule has 1 saturated carbocycles. The molecule has 1 aromatic heterocycles. The molecule has 9 rings (SSSR count). The number of anilines is 2. The minimum absolute atomic E-state index is 0.0762. The molecule has 5 aromatic rings. The number of oxazole rings is 1. The summed E-state index contributed by atoms with van der Waals surface area (Å²) in [5, 5.41) is 10.5. The normalized spacial score (nSPS) is 27.9. The molecule has 2 saturated heterocycles. The molecule has 2 aliphatic heterocycles. The van der Waals surface area contributed by atoms with E-state index in [4.69, 9.17) is 32.4 Å². The Kier molecular flexibility index (Phi) is 7.38. The van der Waals surface area contributed by atoms with Crippen molar-refractivity contribution in [2.45, 2.75) is 28.5 Å². The second kappa shape index (κ2) is 11.7. The molecule has 4 amide bonds. The molecule has 6 unspecified atom stereocenters. The van der Waals surface area contributed by atoms with Gasteiger partial charge >= 0.3 is 0 Å². The third-order valence-corrected chi connectivity index (χ3v) is 12.5. The summed E-state index contributed by atoms with van der Waals surface area (Å²) in [4.78, 5) is 60.0. The summed E-state index contributed by atoms with van der Waals surface area (Å²) < 4.78 is 25.2. The van der Waals surface area contributed by atoms with Crippen molar-refractivity contribution in [3.63, 3.8) is 0 Å². The summed E-state index contributed by atoms with van der Waals surface area (Å²) in [6.07, 6.45) is 1.75. The third-order valence-electron chi connectivity index (χ3n) is 11.1. The smallest absolute Gasteiger partial charge is 0.258 e. The Balaban J connectivity index is 1.12. The SMILES string of the molecule is COc1cc(C2C3=CCC4C(=O)N(c5ccc(-c6nc7ccccc7o6)cc5)C(=O)C4C3CC3(Cl)C(=O)N(c4ccc(F)cc4)C(=O)C23Cl)ccc1O. The van der Waals surface area contributed by atoms with Gasteiger partial charge < -0.3 is 14.3 Å². The van der Waals surface area contributed by atoms with Crippen LogP contribution in [0.2, 0.25) is 0 Å². The highest BCUT2D eigenvalue weighted by Crippen LogP contribution is 2.66. The molecule has 0 bridgehead atoms. The number of phenols is 1. The second-order valence-corrected chi connectivity index (χ2v) is 15.0. The van der Waals surface area contributed by atoms with Crippen LogP contribution < -0.4 is 14.5 Å². The number of hydrogen-bond donors (Lipinski definition) is 1.